The van der Waals surface area contributed by atoms with Crippen molar-refractivity contribution in [1.29, 1.82) is 0 Å². The van der Waals surface area contributed by atoms with Crippen LogP contribution in [0.3, 0.4) is 0 Å². The first-order valence-electron chi connectivity index (χ1n) is 8.54. The number of carbonyl (C=O) groups excluding carboxylic acids is 1. The number of ether oxygens (including phenoxy) is 2. The smallest absolute Gasteiger partial charge is 0.291 e. The predicted octanol–water partition coefficient (Wildman–Crippen LogP) is 1.84. The molecule has 2 rings (SSSR count). The molecule has 6 heteroatoms. The molecule has 1 aliphatic rings. The van der Waals surface area contributed by atoms with Gasteiger partial charge in [0.15, 0.2) is 0 Å². The van der Waals surface area contributed by atoms with Crippen LogP contribution in [-0.4, -0.2) is 62.8 Å². The largest absolute Gasteiger partial charge is 0.465 e. The molecular weight excluding hydrogens is 306 g/mol. The van der Waals surface area contributed by atoms with Crippen molar-refractivity contribution in [2.75, 3.05) is 46.0 Å². The van der Waals surface area contributed by atoms with E-state index in [-0.39, 0.29) is 5.91 Å². The number of amides is 1. The summed E-state index contributed by atoms with van der Waals surface area (Å²) in [6.45, 7) is 9.37. The van der Waals surface area contributed by atoms with Crippen LogP contribution < -0.4 is 5.32 Å². The Bertz CT molecular complexity index is 537. The maximum absolute atomic E-state index is 12.3. The zero-order valence-corrected chi connectivity index (χ0v) is 14.6. The molecule has 1 aromatic carbocycles. The van der Waals surface area contributed by atoms with Crippen LogP contribution in [0.2, 0.25) is 0 Å². The van der Waals surface area contributed by atoms with Crippen molar-refractivity contribution in [2.45, 2.75) is 20.3 Å². The molecule has 1 amide bonds. The van der Waals surface area contributed by atoms with Gasteiger partial charge in [0.1, 0.15) is 0 Å². The fourth-order valence-corrected chi connectivity index (χ4v) is 2.31. The minimum absolute atomic E-state index is 0.198. The van der Waals surface area contributed by atoms with Gasteiger partial charge < -0.3 is 9.47 Å². The van der Waals surface area contributed by atoms with Gasteiger partial charge in [-0.1, -0.05) is 24.6 Å². The highest BCUT2D eigenvalue weighted by atomic mass is 16.5. The second-order valence-electron chi connectivity index (χ2n) is 5.81. The molecule has 6 nitrogen and oxygen atoms in total. The quantitative estimate of drug-likeness (QED) is 0.637. The highest BCUT2D eigenvalue weighted by molar-refractivity contribution is 6.04. The highest BCUT2D eigenvalue weighted by Gasteiger charge is 2.12. The van der Waals surface area contributed by atoms with Crippen molar-refractivity contribution in [1.82, 2.24) is 10.2 Å². The Balaban J connectivity index is 1.89. The lowest BCUT2D eigenvalue weighted by molar-refractivity contribution is 0.0394. The minimum atomic E-state index is -0.198. The Hall–Kier alpha value is -1.92. The standard InChI is InChI=1S/C18H27N3O3/c1-3-12-24-18(19-8-9-21-10-13-23-14-11-21)20-17(22)16-6-4-15(2)5-7-16/h4-7H,3,8-14H2,1-2H3,(H,19,20,22). The van der Waals surface area contributed by atoms with E-state index in [0.717, 1.165) is 44.8 Å². The number of nitrogens with zero attached hydrogens (tertiary/aromatic N) is 2. The summed E-state index contributed by atoms with van der Waals surface area (Å²) in [5.74, 6) is -0.198. The number of hydrogen-bond acceptors (Lipinski definition) is 5. The molecule has 0 atom stereocenters. The second kappa shape index (κ2) is 10.1. The van der Waals surface area contributed by atoms with Crippen LogP contribution in [0.1, 0.15) is 29.3 Å². The number of aryl methyl sites for hydroxylation is 1. The number of benzene rings is 1. The van der Waals surface area contributed by atoms with E-state index in [1.54, 1.807) is 12.1 Å². The number of amidine groups is 1. The highest BCUT2D eigenvalue weighted by Crippen LogP contribution is 2.03. The SMILES string of the molecule is CCCOC(=NCCN1CCOCC1)NC(=O)c1ccc(C)cc1. The van der Waals surface area contributed by atoms with Gasteiger partial charge in [-0.3, -0.25) is 15.0 Å². The third-order valence-electron chi connectivity index (χ3n) is 3.75. The Labute approximate surface area is 143 Å². The molecule has 0 aromatic heterocycles. The lowest BCUT2D eigenvalue weighted by Gasteiger charge is -2.25. The topological polar surface area (TPSA) is 63.2 Å². The van der Waals surface area contributed by atoms with Crippen molar-refractivity contribution in [3.63, 3.8) is 0 Å². The fraction of sp³-hybridized carbons (Fsp3) is 0.556. The van der Waals surface area contributed by atoms with E-state index in [9.17, 15) is 4.79 Å². The van der Waals surface area contributed by atoms with Crippen molar-refractivity contribution in [3.05, 3.63) is 35.4 Å². The van der Waals surface area contributed by atoms with Crippen molar-refractivity contribution in [2.24, 2.45) is 4.99 Å². The van der Waals surface area contributed by atoms with Gasteiger partial charge in [-0.05, 0) is 25.5 Å². The summed E-state index contributed by atoms with van der Waals surface area (Å²) in [6, 6.07) is 7.73. The number of carbonyl (C=O) groups is 1. The molecule has 1 fully saturated rings. The van der Waals surface area contributed by atoms with Crippen molar-refractivity contribution < 1.29 is 14.3 Å². The summed E-state index contributed by atoms with van der Waals surface area (Å²) >= 11 is 0. The van der Waals surface area contributed by atoms with Crippen molar-refractivity contribution in [3.8, 4) is 0 Å². The minimum Gasteiger partial charge on any atom is -0.465 e. The van der Waals surface area contributed by atoms with Gasteiger partial charge in [-0.15, -0.1) is 0 Å². The Kier molecular flexibility index (Phi) is 7.71. The molecule has 0 aliphatic carbocycles. The van der Waals surface area contributed by atoms with Crippen LogP contribution in [0.25, 0.3) is 0 Å². The third-order valence-corrected chi connectivity index (χ3v) is 3.75. The monoisotopic (exact) mass is 333 g/mol. The molecule has 0 spiro atoms. The summed E-state index contributed by atoms with van der Waals surface area (Å²) in [4.78, 5) is 19.0. The number of hydrogen-bond donors (Lipinski definition) is 1. The van der Waals surface area contributed by atoms with Crippen LogP contribution in [0.5, 0.6) is 0 Å². The molecule has 0 saturated carbocycles. The fourth-order valence-electron chi connectivity index (χ4n) is 2.31. The van der Waals surface area contributed by atoms with Crippen LogP contribution in [-0.2, 0) is 9.47 Å². The van der Waals surface area contributed by atoms with E-state index >= 15 is 0 Å². The number of nitrogens with one attached hydrogen (secondary N) is 1. The van der Waals surface area contributed by atoms with Crippen LogP contribution >= 0.6 is 0 Å². The molecule has 24 heavy (non-hydrogen) atoms. The summed E-state index contributed by atoms with van der Waals surface area (Å²) in [7, 11) is 0. The van der Waals surface area contributed by atoms with Gasteiger partial charge in [0.05, 0.1) is 26.4 Å². The molecule has 0 bridgehead atoms. The first-order chi connectivity index (χ1) is 11.7. The number of aliphatic imine (C=N–C) groups is 1. The number of rotatable bonds is 6. The molecule has 1 N–H and O–H groups in total. The normalized spacial score (nSPS) is 16.0. The molecule has 1 aromatic rings. The average Bonchev–Trinajstić information content (AvgIpc) is 2.61. The second-order valence-corrected chi connectivity index (χ2v) is 5.81. The van der Waals surface area contributed by atoms with E-state index in [2.05, 4.69) is 15.2 Å². The van der Waals surface area contributed by atoms with Crippen LogP contribution in [0, 0.1) is 6.92 Å². The lowest BCUT2D eigenvalue weighted by atomic mass is 10.1. The van der Waals surface area contributed by atoms with Gasteiger partial charge in [0.2, 0.25) is 0 Å². The first-order valence-corrected chi connectivity index (χ1v) is 8.54. The van der Waals surface area contributed by atoms with Crippen LogP contribution in [0.4, 0.5) is 0 Å². The van der Waals surface area contributed by atoms with Gasteiger partial charge in [0, 0.05) is 25.2 Å². The summed E-state index contributed by atoms with van der Waals surface area (Å²) in [5, 5.41) is 2.77. The molecular formula is C18H27N3O3. The summed E-state index contributed by atoms with van der Waals surface area (Å²) < 4.78 is 10.9. The number of morpholine rings is 1. The van der Waals surface area contributed by atoms with E-state index in [1.165, 1.54) is 0 Å². The Morgan fingerprint density at radius 3 is 2.67 bits per heavy atom. The van der Waals surface area contributed by atoms with E-state index < -0.39 is 0 Å². The predicted molar refractivity (Wildman–Crippen MR) is 94.4 cm³/mol. The summed E-state index contributed by atoms with van der Waals surface area (Å²) in [5.41, 5.74) is 1.72. The lowest BCUT2D eigenvalue weighted by Crippen LogP contribution is -2.38. The zero-order chi connectivity index (χ0) is 17.2. The molecule has 1 heterocycles. The van der Waals surface area contributed by atoms with E-state index in [4.69, 9.17) is 9.47 Å². The molecule has 132 valence electrons. The molecule has 0 unspecified atom stereocenters. The van der Waals surface area contributed by atoms with Gasteiger partial charge >= 0.3 is 0 Å². The van der Waals surface area contributed by atoms with Crippen molar-refractivity contribution >= 4 is 11.9 Å². The van der Waals surface area contributed by atoms with E-state index in [1.807, 2.05) is 26.0 Å². The summed E-state index contributed by atoms with van der Waals surface area (Å²) in [6.07, 6.45) is 0.864. The third kappa shape index (κ3) is 6.29. The Morgan fingerprint density at radius 2 is 2.00 bits per heavy atom. The zero-order valence-electron chi connectivity index (χ0n) is 14.6. The van der Waals surface area contributed by atoms with Gasteiger partial charge in [-0.25, -0.2) is 4.99 Å². The maximum Gasteiger partial charge on any atom is 0.291 e. The molecule has 1 aliphatic heterocycles. The Morgan fingerprint density at radius 1 is 1.29 bits per heavy atom. The molecule has 0 radical (unpaired) electrons. The molecule has 1 saturated heterocycles. The van der Waals surface area contributed by atoms with Gasteiger partial charge in [-0.2, -0.15) is 0 Å². The van der Waals surface area contributed by atoms with E-state index in [0.29, 0.717) is 24.7 Å². The average molecular weight is 333 g/mol. The maximum atomic E-state index is 12.3. The van der Waals surface area contributed by atoms with Gasteiger partial charge in [0.25, 0.3) is 11.9 Å². The van der Waals surface area contributed by atoms with Crippen LogP contribution in [0.15, 0.2) is 29.3 Å². The first kappa shape index (κ1) is 18.4.